The van der Waals surface area contributed by atoms with Gasteiger partial charge in [0.1, 0.15) is 0 Å². The molecule has 1 aromatic heterocycles. The molecule has 0 fully saturated rings. The minimum atomic E-state index is 0.615. The molecule has 0 radical (unpaired) electrons. The first-order valence-electron chi connectivity index (χ1n) is 7.28. The van der Waals surface area contributed by atoms with Crippen LogP contribution in [0.4, 0.5) is 17.2 Å². The molecular weight excluding hydrogens is 248 g/mol. The van der Waals surface area contributed by atoms with Crippen molar-refractivity contribution in [2.45, 2.75) is 26.7 Å². The SMILES string of the molecule is CCc1nn(C)c(N2CC(C)Cc3ccccc32)c1N. The fourth-order valence-electron chi connectivity index (χ4n) is 3.16. The number of para-hydroxylation sites is 1. The van der Waals surface area contributed by atoms with Crippen LogP contribution in [0, 0.1) is 5.92 Å². The molecular formula is C16H22N4. The molecule has 3 rings (SSSR count). The van der Waals surface area contributed by atoms with Gasteiger partial charge in [0.05, 0.1) is 11.4 Å². The van der Waals surface area contributed by atoms with E-state index in [9.17, 15) is 0 Å². The van der Waals surface area contributed by atoms with E-state index in [4.69, 9.17) is 5.73 Å². The Kier molecular flexibility index (Phi) is 3.16. The number of benzene rings is 1. The average molecular weight is 270 g/mol. The highest BCUT2D eigenvalue weighted by molar-refractivity contribution is 5.76. The maximum Gasteiger partial charge on any atom is 0.154 e. The summed E-state index contributed by atoms with van der Waals surface area (Å²) < 4.78 is 1.92. The Labute approximate surface area is 120 Å². The Morgan fingerprint density at radius 3 is 2.80 bits per heavy atom. The molecule has 4 heteroatoms. The van der Waals surface area contributed by atoms with Gasteiger partial charge < -0.3 is 10.6 Å². The van der Waals surface area contributed by atoms with Gasteiger partial charge in [0.25, 0.3) is 0 Å². The fourth-order valence-corrected chi connectivity index (χ4v) is 3.16. The van der Waals surface area contributed by atoms with Gasteiger partial charge in [-0.15, -0.1) is 0 Å². The molecule has 2 heterocycles. The quantitative estimate of drug-likeness (QED) is 0.912. The Bertz CT molecular complexity index is 629. The summed E-state index contributed by atoms with van der Waals surface area (Å²) >= 11 is 0. The van der Waals surface area contributed by atoms with Crippen LogP contribution in [0.3, 0.4) is 0 Å². The standard InChI is InChI=1S/C16H22N4/c1-4-13-15(17)16(19(3)18-13)20-10-11(2)9-12-7-5-6-8-14(12)20/h5-8,11H,4,9-10,17H2,1-3H3. The summed E-state index contributed by atoms with van der Waals surface area (Å²) in [7, 11) is 1.98. The average Bonchev–Trinajstić information content (AvgIpc) is 2.72. The monoisotopic (exact) mass is 270 g/mol. The molecule has 1 atom stereocenters. The number of hydrogen-bond acceptors (Lipinski definition) is 3. The molecule has 20 heavy (non-hydrogen) atoms. The number of aromatic nitrogens is 2. The zero-order valence-corrected chi connectivity index (χ0v) is 12.4. The van der Waals surface area contributed by atoms with E-state index >= 15 is 0 Å². The van der Waals surface area contributed by atoms with Crippen molar-refractivity contribution in [3.05, 3.63) is 35.5 Å². The van der Waals surface area contributed by atoms with E-state index in [1.165, 1.54) is 11.3 Å². The van der Waals surface area contributed by atoms with Crippen molar-refractivity contribution in [1.82, 2.24) is 9.78 Å². The second-order valence-corrected chi connectivity index (χ2v) is 5.71. The smallest absolute Gasteiger partial charge is 0.154 e. The van der Waals surface area contributed by atoms with E-state index in [-0.39, 0.29) is 0 Å². The lowest BCUT2D eigenvalue weighted by Gasteiger charge is -2.34. The highest BCUT2D eigenvalue weighted by atomic mass is 15.4. The number of aryl methyl sites for hydroxylation is 2. The summed E-state index contributed by atoms with van der Waals surface area (Å²) in [5, 5.41) is 4.55. The molecule has 4 nitrogen and oxygen atoms in total. The summed E-state index contributed by atoms with van der Waals surface area (Å²) in [6.07, 6.45) is 2.00. The summed E-state index contributed by atoms with van der Waals surface area (Å²) in [6.45, 7) is 5.37. The van der Waals surface area contributed by atoms with Gasteiger partial charge in [-0.1, -0.05) is 32.0 Å². The highest BCUT2D eigenvalue weighted by Gasteiger charge is 2.27. The van der Waals surface area contributed by atoms with Crippen molar-refractivity contribution in [2.75, 3.05) is 17.2 Å². The molecule has 1 aliphatic heterocycles. The normalized spacial score (nSPS) is 18.1. The predicted molar refractivity (Wildman–Crippen MR) is 83.3 cm³/mol. The van der Waals surface area contributed by atoms with Crippen LogP contribution in [0.1, 0.15) is 25.1 Å². The lowest BCUT2D eigenvalue weighted by atomic mass is 9.94. The van der Waals surface area contributed by atoms with Crippen molar-refractivity contribution in [2.24, 2.45) is 13.0 Å². The van der Waals surface area contributed by atoms with E-state index in [2.05, 4.69) is 48.1 Å². The lowest BCUT2D eigenvalue weighted by molar-refractivity contribution is 0.554. The second-order valence-electron chi connectivity index (χ2n) is 5.71. The molecule has 2 aromatic rings. The third-order valence-electron chi connectivity index (χ3n) is 4.06. The third kappa shape index (κ3) is 1.96. The Morgan fingerprint density at radius 2 is 2.10 bits per heavy atom. The molecule has 1 unspecified atom stereocenters. The second kappa shape index (κ2) is 4.85. The molecule has 0 aliphatic carbocycles. The Hall–Kier alpha value is -1.97. The first kappa shape index (κ1) is 13.0. The van der Waals surface area contributed by atoms with Gasteiger partial charge in [0.2, 0.25) is 0 Å². The van der Waals surface area contributed by atoms with E-state index < -0.39 is 0 Å². The molecule has 0 amide bonds. The molecule has 106 valence electrons. The number of rotatable bonds is 2. The minimum Gasteiger partial charge on any atom is -0.394 e. The maximum absolute atomic E-state index is 6.32. The van der Waals surface area contributed by atoms with E-state index in [0.29, 0.717) is 5.92 Å². The van der Waals surface area contributed by atoms with Crippen LogP contribution in [0.5, 0.6) is 0 Å². The first-order valence-corrected chi connectivity index (χ1v) is 7.28. The highest BCUT2D eigenvalue weighted by Crippen LogP contribution is 2.38. The number of hydrogen-bond donors (Lipinski definition) is 1. The summed E-state index contributed by atoms with van der Waals surface area (Å²) in [4.78, 5) is 2.32. The number of anilines is 3. The number of nitrogen functional groups attached to an aromatic ring is 1. The van der Waals surface area contributed by atoms with Crippen molar-refractivity contribution in [3.63, 3.8) is 0 Å². The number of nitrogens with zero attached hydrogens (tertiary/aromatic N) is 3. The maximum atomic E-state index is 6.32. The van der Waals surface area contributed by atoms with Crippen molar-refractivity contribution in [3.8, 4) is 0 Å². The van der Waals surface area contributed by atoms with Crippen LogP contribution < -0.4 is 10.6 Å². The number of nitrogens with two attached hydrogens (primary N) is 1. The van der Waals surface area contributed by atoms with Crippen LogP contribution in [0.2, 0.25) is 0 Å². The van der Waals surface area contributed by atoms with Crippen molar-refractivity contribution in [1.29, 1.82) is 0 Å². The Morgan fingerprint density at radius 1 is 1.35 bits per heavy atom. The topological polar surface area (TPSA) is 47.1 Å². The minimum absolute atomic E-state index is 0.615. The van der Waals surface area contributed by atoms with Gasteiger partial charge in [-0.05, 0) is 30.4 Å². The molecule has 0 bridgehead atoms. The molecule has 0 saturated carbocycles. The molecule has 0 saturated heterocycles. The van der Waals surface area contributed by atoms with Gasteiger partial charge in [0.15, 0.2) is 5.82 Å². The predicted octanol–water partition coefficient (Wildman–Crippen LogP) is 2.90. The molecule has 2 N–H and O–H groups in total. The summed E-state index contributed by atoms with van der Waals surface area (Å²) in [5.74, 6) is 1.64. The molecule has 1 aromatic carbocycles. The summed E-state index contributed by atoms with van der Waals surface area (Å²) in [5.41, 5.74) is 10.8. The van der Waals surface area contributed by atoms with Crippen molar-refractivity contribution >= 4 is 17.2 Å². The molecule has 0 spiro atoms. The van der Waals surface area contributed by atoms with Gasteiger partial charge in [-0.25, -0.2) is 0 Å². The van der Waals surface area contributed by atoms with Crippen LogP contribution in [0.25, 0.3) is 0 Å². The van der Waals surface area contributed by atoms with Gasteiger partial charge in [-0.2, -0.15) is 5.10 Å². The van der Waals surface area contributed by atoms with Gasteiger partial charge >= 0.3 is 0 Å². The van der Waals surface area contributed by atoms with Crippen molar-refractivity contribution < 1.29 is 0 Å². The zero-order chi connectivity index (χ0) is 14.3. The van der Waals surface area contributed by atoms with Crippen LogP contribution in [0.15, 0.2) is 24.3 Å². The third-order valence-corrected chi connectivity index (χ3v) is 4.06. The van der Waals surface area contributed by atoms with Gasteiger partial charge in [0, 0.05) is 19.3 Å². The zero-order valence-electron chi connectivity index (χ0n) is 12.4. The fraction of sp³-hybridized carbons (Fsp3) is 0.438. The van der Waals surface area contributed by atoms with Crippen LogP contribution >= 0.6 is 0 Å². The Balaban J connectivity index is 2.13. The van der Waals surface area contributed by atoms with E-state index in [1.54, 1.807) is 0 Å². The molecule has 1 aliphatic rings. The number of fused-ring (bicyclic) bond motifs is 1. The van der Waals surface area contributed by atoms with Crippen LogP contribution in [-0.4, -0.2) is 16.3 Å². The largest absolute Gasteiger partial charge is 0.394 e. The van der Waals surface area contributed by atoms with E-state index in [1.807, 2.05) is 11.7 Å². The summed E-state index contributed by atoms with van der Waals surface area (Å²) in [6, 6.07) is 8.60. The first-order chi connectivity index (χ1) is 9.61. The van der Waals surface area contributed by atoms with E-state index in [0.717, 1.165) is 36.6 Å². The van der Waals surface area contributed by atoms with Crippen LogP contribution in [-0.2, 0) is 19.9 Å². The van der Waals surface area contributed by atoms with Gasteiger partial charge in [-0.3, -0.25) is 4.68 Å². The lowest BCUT2D eigenvalue weighted by Crippen LogP contribution is -2.32.